The van der Waals surface area contributed by atoms with Gasteiger partial charge < -0.3 is 4.74 Å². The molecule has 4 N–H and O–H groups in total. The first kappa shape index (κ1) is 18.4. The van der Waals surface area contributed by atoms with Gasteiger partial charge in [-0.2, -0.15) is 5.10 Å². The van der Waals surface area contributed by atoms with E-state index in [1.807, 2.05) is 6.92 Å². The Labute approximate surface area is 145 Å². The molecule has 2 rings (SSSR count). The molecule has 0 unspecified atom stereocenters. The number of hydrazine groups is 1. The summed E-state index contributed by atoms with van der Waals surface area (Å²) in [6.07, 6.45) is 0. The van der Waals surface area contributed by atoms with Crippen molar-refractivity contribution >= 4 is 26.5 Å². The average Bonchev–Trinajstić information content (AvgIpc) is 2.62. The zero-order valence-corrected chi connectivity index (χ0v) is 14.5. The molecular formula is C16H18N4O4S. The van der Waals surface area contributed by atoms with Crippen molar-refractivity contribution in [3.63, 3.8) is 0 Å². The molecule has 8 nitrogen and oxygen atoms in total. The standard InChI is InChI=1S/C16H18N4O4S/c1-11-7-9-12(10-8-11)25(22,23)16(15(21)18-17)20-19-13-5-3-4-6-14(13)24-2/h3-10,19H,17H2,1-2H3,(H,18,21). The van der Waals surface area contributed by atoms with Gasteiger partial charge in [-0.3, -0.25) is 15.6 Å². The van der Waals surface area contributed by atoms with E-state index in [-0.39, 0.29) is 4.90 Å². The number of methoxy groups -OCH3 is 1. The van der Waals surface area contributed by atoms with Crippen molar-refractivity contribution in [3.05, 3.63) is 54.1 Å². The minimum absolute atomic E-state index is 0.0673. The second-order valence-electron chi connectivity index (χ2n) is 5.02. The van der Waals surface area contributed by atoms with E-state index < -0.39 is 20.8 Å². The monoisotopic (exact) mass is 362 g/mol. The molecule has 0 aliphatic heterocycles. The third-order valence-electron chi connectivity index (χ3n) is 3.30. The van der Waals surface area contributed by atoms with E-state index in [9.17, 15) is 13.2 Å². The molecule has 0 bridgehead atoms. The molecule has 1 amide bonds. The van der Waals surface area contributed by atoms with Crippen LogP contribution >= 0.6 is 0 Å². The van der Waals surface area contributed by atoms with Gasteiger partial charge in [0.2, 0.25) is 14.9 Å². The van der Waals surface area contributed by atoms with Gasteiger partial charge in [0, 0.05) is 0 Å². The maximum absolute atomic E-state index is 12.7. The summed E-state index contributed by atoms with van der Waals surface area (Å²) in [5.41, 5.74) is 5.61. The molecule has 0 radical (unpaired) electrons. The van der Waals surface area contributed by atoms with Crippen LogP contribution in [0.25, 0.3) is 0 Å². The summed E-state index contributed by atoms with van der Waals surface area (Å²) < 4.78 is 30.5. The molecule has 0 fully saturated rings. The van der Waals surface area contributed by atoms with Crippen LogP contribution in [0.5, 0.6) is 5.75 Å². The lowest BCUT2D eigenvalue weighted by molar-refractivity contribution is -0.114. The van der Waals surface area contributed by atoms with Gasteiger partial charge in [0.1, 0.15) is 5.75 Å². The van der Waals surface area contributed by atoms with Crippen molar-refractivity contribution in [2.45, 2.75) is 11.8 Å². The van der Waals surface area contributed by atoms with Crippen LogP contribution in [0.1, 0.15) is 5.56 Å². The smallest absolute Gasteiger partial charge is 0.297 e. The molecule has 2 aromatic rings. The van der Waals surface area contributed by atoms with Crippen molar-refractivity contribution in [1.82, 2.24) is 5.43 Å². The SMILES string of the molecule is COc1ccccc1NN=C(C(=O)NN)S(=O)(=O)c1ccc(C)cc1. The maximum Gasteiger partial charge on any atom is 0.297 e. The highest BCUT2D eigenvalue weighted by Gasteiger charge is 2.29. The number of ether oxygens (including phenoxy) is 1. The first-order chi connectivity index (χ1) is 11.9. The van der Waals surface area contributed by atoms with Crippen LogP contribution in [0, 0.1) is 6.92 Å². The number of hydrogen-bond donors (Lipinski definition) is 3. The van der Waals surface area contributed by atoms with Crippen molar-refractivity contribution in [1.29, 1.82) is 0 Å². The number of sulfone groups is 1. The summed E-state index contributed by atoms with van der Waals surface area (Å²) in [5, 5.41) is 2.99. The van der Waals surface area contributed by atoms with E-state index in [0.717, 1.165) is 5.56 Å². The highest BCUT2D eigenvalue weighted by molar-refractivity contribution is 8.08. The van der Waals surface area contributed by atoms with Gasteiger partial charge in [-0.1, -0.05) is 29.8 Å². The van der Waals surface area contributed by atoms with Crippen LogP contribution in [-0.2, 0) is 14.6 Å². The number of para-hydroxylation sites is 2. The van der Waals surface area contributed by atoms with Crippen molar-refractivity contribution in [2.75, 3.05) is 12.5 Å². The number of hydrogen-bond acceptors (Lipinski definition) is 7. The zero-order chi connectivity index (χ0) is 18.4. The lowest BCUT2D eigenvalue weighted by atomic mass is 10.2. The zero-order valence-electron chi connectivity index (χ0n) is 13.7. The molecule has 25 heavy (non-hydrogen) atoms. The van der Waals surface area contributed by atoms with E-state index in [0.29, 0.717) is 11.4 Å². The Kier molecular flexibility index (Phi) is 5.73. The van der Waals surface area contributed by atoms with Crippen LogP contribution in [0.15, 0.2) is 58.5 Å². The second-order valence-corrected chi connectivity index (χ2v) is 6.88. The number of aryl methyl sites for hydroxylation is 1. The number of nitrogens with zero attached hydrogens (tertiary/aromatic N) is 1. The number of anilines is 1. The number of carbonyl (C=O) groups is 1. The molecular weight excluding hydrogens is 344 g/mol. The predicted octanol–water partition coefficient (Wildman–Crippen LogP) is 1.19. The fourth-order valence-electron chi connectivity index (χ4n) is 1.97. The predicted molar refractivity (Wildman–Crippen MR) is 94.7 cm³/mol. The molecule has 2 aromatic carbocycles. The van der Waals surface area contributed by atoms with Gasteiger partial charge in [0.05, 0.1) is 17.7 Å². The second kappa shape index (κ2) is 7.77. The van der Waals surface area contributed by atoms with E-state index in [1.54, 1.807) is 41.8 Å². The van der Waals surface area contributed by atoms with Crippen molar-refractivity contribution in [2.24, 2.45) is 10.9 Å². The third-order valence-corrected chi connectivity index (χ3v) is 4.97. The number of nitrogens with two attached hydrogens (primary N) is 1. The Morgan fingerprint density at radius 2 is 1.76 bits per heavy atom. The maximum atomic E-state index is 12.7. The van der Waals surface area contributed by atoms with E-state index in [2.05, 4.69) is 10.5 Å². The van der Waals surface area contributed by atoms with Crippen molar-refractivity contribution < 1.29 is 17.9 Å². The van der Waals surface area contributed by atoms with Crippen LogP contribution in [0.2, 0.25) is 0 Å². The third kappa shape index (κ3) is 4.14. The molecule has 0 saturated carbocycles. The minimum Gasteiger partial charge on any atom is -0.495 e. The van der Waals surface area contributed by atoms with E-state index in [4.69, 9.17) is 10.6 Å². The number of carbonyl (C=O) groups excluding carboxylic acids is 1. The van der Waals surface area contributed by atoms with Gasteiger partial charge in [0.25, 0.3) is 5.91 Å². The normalized spacial score (nSPS) is 11.7. The van der Waals surface area contributed by atoms with Gasteiger partial charge in [-0.15, -0.1) is 0 Å². The van der Waals surface area contributed by atoms with Crippen LogP contribution in [0.4, 0.5) is 5.69 Å². The molecule has 0 spiro atoms. The Hall–Kier alpha value is -2.91. The number of hydrazone groups is 1. The Morgan fingerprint density at radius 3 is 2.36 bits per heavy atom. The van der Waals surface area contributed by atoms with Crippen LogP contribution in [0.3, 0.4) is 0 Å². The van der Waals surface area contributed by atoms with E-state index >= 15 is 0 Å². The molecule has 0 aliphatic rings. The minimum atomic E-state index is -4.16. The van der Waals surface area contributed by atoms with Crippen LogP contribution < -0.4 is 21.4 Å². The molecule has 9 heteroatoms. The molecule has 0 aromatic heterocycles. The molecule has 132 valence electrons. The van der Waals surface area contributed by atoms with Crippen LogP contribution in [-0.4, -0.2) is 26.5 Å². The van der Waals surface area contributed by atoms with Gasteiger partial charge in [0.15, 0.2) is 0 Å². The first-order valence-corrected chi connectivity index (χ1v) is 8.68. The van der Waals surface area contributed by atoms with E-state index in [1.165, 1.54) is 19.2 Å². The molecule has 0 atom stereocenters. The van der Waals surface area contributed by atoms with Crippen molar-refractivity contribution in [3.8, 4) is 5.75 Å². The lowest BCUT2D eigenvalue weighted by Gasteiger charge is -2.10. The fraction of sp³-hybridized carbons (Fsp3) is 0.125. The summed E-state index contributed by atoms with van der Waals surface area (Å²) in [6, 6.07) is 12.8. The number of benzene rings is 2. The summed E-state index contributed by atoms with van der Waals surface area (Å²) in [4.78, 5) is 11.9. The molecule has 0 aliphatic carbocycles. The van der Waals surface area contributed by atoms with Gasteiger partial charge in [-0.25, -0.2) is 14.3 Å². The molecule has 0 heterocycles. The Balaban J connectivity index is 2.45. The Morgan fingerprint density at radius 1 is 1.12 bits per heavy atom. The topological polar surface area (TPSA) is 123 Å². The number of nitrogens with one attached hydrogen (secondary N) is 2. The van der Waals surface area contributed by atoms with Gasteiger partial charge in [-0.05, 0) is 31.2 Å². The number of rotatable bonds is 4. The fourth-order valence-corrected chi connectivity index (χ4v) is 3.16. The lowest BCUT2D eigenvalue weighted by Crippen LogP contribution is -2.40. The summed E-state index contributed by atoms with van der Waals surface area (Å²) in [7, 11) is -2.71. The highest BCUT2D eigenvalue weighted by Crippen LogP contribution is 2.23. The average molecular weight is 362 g/mol. The summed E-state index contributed by atoms with van der Waals surface area (Å²) in [6.45, 7) is 1.82. The summed E-state index contributed by atoms with van der Waals surface area (Å²) in [5.74, 6) is 4.50. The van der Waals surface area contributed by atoms with Gasteiger partial charge >= 0.3 is 0 Å². The first-order valence-electron chi connectivity index (χ1n) is 7.19. The quantitative estimate of drug-likeness (QED) is 0.247. The number of amides is 1. The largest absolute Gasteiger partial charge is 0.495 e. The highest BCUT2D eigenvalue weighted by atomic mass is 32.2. The summed E-state index contributed by atoms with van der Waals surface area (Å²) >= 11 is 0. The molecule has 0 saturated heterocycles. The Bertz CT molecular complexity index is 893.